The van der Waals surface area contributed by atoms with Gasteiger partial charge in [-0.2, -0.15) is 5.10 Å². The average molecular weight is 327 g/mol. The lowest BCUT2D eigenvalue weighted by Crippen LogP contribution is -2.38. The number of rotatable bonds is 6. The highest BCUT2D eigenvalue weighted by atomic mass is 16.2. The van der Waals surface area contributed by atoms with E-state index in [0.717, 1.165) is 31.0 Å². The van der Waals surface area contributed by atoms with Crippen LogP contribution >= 0.6 is 0 Å². The molecule has 24 heavy (non-hydrogen) atoms. The van der Waals surface area contributed by atoms with Crippen molar-refractivity contribution < 1.29 is 4.79 Å². The van der Waals surface area contributed by atoms with Gasteiger partial charge in [-0.1, -0.05) is 30.3 Å². The van der Waals surface area contributed by atoms with E-state index in [9.17, 15) is 4.79 Å². The topological polar surface area (TPSA) is 62.2 Å². The molecule has 0 fully saturated rings. The first-order valence-electron chi connectivity index (χ1n) is 8.37. The van der Waals surface area contributed by atoms with E-state index >= 15 is 0 Å². The quantitative estimate of drug-likeness (QED) is 0.848. The molecule has 2 N–H and O–H groups in total. The average Bonchev–Trinajstić information content (AvgIpc) is 3.06. The number of benzene rings is 1. The van der Waals surface area contributed by atoms with Gasteiger partial charge >= 0.3 is 0 Å². The molecule has 0 radical (unpaired) electrons. The lowest BCUT2D eigenvalue weighted by Gasteiger charge is -2.28. The van der Waals surface area contributed by atoms with Crippen LogP contribution in [0, 0.1) is 5.92 Å². The molecule has 128 valence electrons. The molecule has 1 aliphatic heterocycles. The molecule has 1 aromatic heterocycles. The Labute approximate surface area is 142 Å². The largest absolute Gasteiger partial charge is 0.370 e. The van der Waals surface area contributed by atoms with Gasteiger partial charge < -0.3 is 15.5 Å². The first kappa shape index (κ1) is 16.5. The summed E-state index contributed by atoms with van der Waals surface area (Å²) >= 11 is 0. The monoisotopic (exact) mass is 327 g/mol. The molecule has 2 atom stereocenters. The van der Waals surface area contributed by atoms with Crippen molar-refractivity contribution in [2.24, 2.45) is 5.92 Å². The third-order valence-corrected chi connectivity index (χ3v) is 4.45. The van der Waals surface area contributed by atoms with Crippen molar-refractivity contribution in [1.82, 2.24) is 20.0 Å². The fourth-order valence-corrected chi connectivity index (χ4v) is 2.98. The zero-order valence-corrected chi connectivity index (χ0v) is 14.3. The van der Waals surface area contributed by atoms with Gasteiger partial charge in [-0.05, 0) is 5.56 Å². The number of aromatic nitrogens is 2. The number of nitrogens with one attached hydrogen (secondary N) is 2. The minimum Gasteiger partial charge on any atom is -0.370 e. The Hall–Kier alpha value is -2.34. The molecule has 3 rings (SSSR count). The van der Waals surface area contributed by atoms with Crippen molar-refractivity contribution >= 4 is 11.7 Å². The Morgan fingerprint density at radius 3 is 2.92 bits per heavy atom. The van der Waals surface area contributed by atoms with Gasteiger partial charge in [-0.3, -0.25) is 4.79 Å². The Morgan fingerprint density at radius 2 is 2.17 bits per heavy atom. The highest BCUT2D eigenvalue weighted by Gasteiger charge is 2.21. The van der Waals surface area contributed by atoms with Crippen LogP contribution in [-0.4, -0.2) is 47.8 Å². The van der Waals surface area contributed by atoms with Crippen LogP contribution in [0.1, 0.15) is 18.0 Å². The fourth-order valence-electron chi connectivity index (χ4n) is 2.98. The molecule has 0 unspecified atom stereocenters. The molecule has 0 bridgehead atoms. The third-order valence-electron chi connectivity index (χ3n) is 4.45. The minimum atomic E-state index is 0.0279. The zero-order chi connectivity index (χ0) is 16.9. The zero-order valence-electron chi connectivity index (χ0n) is 14.3. The molecule has 1 amide bonds. The van der Waals surface area contributed by atoms with Gasteiger partial charge in [0.1, 0.15) is 5.82 Å². The number of amides is 1. The van der Waals surface area contributed by atoms with E-state index in [2.05, 4.69) is 27.9 Å². The number of anilines is 1. The molecule has 0 aliphatic carbocycles. The van der Waals surface area contributed by atoms with Crippen molar-refractivity contribution in [3.8, 4) is 0 Å². The van der Waals surface area contributed by atoms with Crippen molar-refractivity contribution in [3.63, 3.8) is 0 Å². The van der Waals surface area contributed by atoms with Crippen LogP contribution in [0.5, 0.6) is 0 Å². The smallest absolute Gasteiger partial charge is 0.223 e. The molecule has 2 heterocycles. The summed E-state index contributed by atoms with van der Waals surface area (Å²) < 4.78 is 2.00. The van der Waals surface area contributed by atoms with E-state index in [0.29, 0.717) is 12.3 Å². The fraction of sp³-hybridized carbons (Fsp3) is 0.444. The highest BCUT2D eigenvalue weighted by Crippen LogP contribution is 2.20. The number of carbonyl (C=O) groups excluding carboxylic acids is 1. The van der Waals surface area contributed by atoms with Crippen molar-refractivity contribution in [3.05, 3.63) is 48.2 Å². The van der Waals surface area contributed by atoms with Crippen LogP contribution in [-0.2, 0) is 11.3 Å². The van der Waals surface area contributed by atoms with E-state index in [-0.39, 0.29) is 11.9 Å². The lowest BCUT2D eigenvalue weighted by molar-refractivity contribution is -0.129. The molecule has 0 saturated heterocycles. The maximum Gasteiger partial charge on any atom is 0.223 e. The molecule has 2 aromatic rings. The van der Waals surface area contributed by atoms with Gasteiger partial charge in [0, 0.05) is 58.2 Å². The molecule has 6 nitrogen and oxygen atoms in total. The summed E-state index contributed by atoms with van der Waals surface area (Å²) in [6.07, 6.45) is 2.28. The van der Waals surface area contributed by atoms with Gasteiger partial charge in [-0.25, -0.2) is 4.68 Å². The summed E-state index contributed by atoms with van der Waals surface area (Å²) in [4.78, 5) is 13.8. The van der Waals surface area contributed by atoms with E-state index in [1.54, 1.807) is 19.0 Å². The predicted octanol–water partition coefficient (Wildman–Crippen LogP) is 1.73. The van der Waals surface area contributed by atoms with E-state index in [4.69, 9.17) is 0 Å². The summed E-state index contributed by atoms with van der Waals surface area (Å²) in [5.41, 5.74) is 1.15. The molecule has 0 saturated carbocycles. The highest BCUT2D eigenvalue weighted by molar-refractivity contribution is 5.76. The van der Waals surface area contributed by atoms with Crippen LogP contribution in [0.25, 0.3) is 0 Å². The summed E-state index contributed by atoms with van der Waals surface area (Å²) in [7, 11) is 3.60. The molecule has 1 aliphatic rings. The van der Waals surface area contributed by atoms with Gasteiger partial charge in [0.25, 0.3) is 0 Å². The second kappa shape index (κ2) is 7.49. The number of carbonyl (C=O) groups is 1. The standard InChI is InChI=1S/C18H25N5O/c1-22(2)18(24)10-16(15-6-4-3-5-7-15)19-11-14-12-20-17-8-9-21-23(17)13-14/h3-9,14,16,19-20H,10-13H2,1-2H3/t14-,16+/m0/s1. The number of nitrogens with zero attached hydrogens (tertiary/aromatic N) is 3. The molecular formula is C18H25N5O. The number of hydrogen-bond donors (Lipinski definition) is 2. The van der Waals surface area contributed by atoms with Gasteiger partial charge in [0.2, 0.25) is 5.91 Å². The first-order chi connectivity index (χ1) is 11.6. The summed E-state index contributed by atoms with van der Waals surface area (Å²) in [5.74, 6) is 1.65. The van der Waals surface area contributed by atoms with E-state index < -0.39 is 0 Å². The van der Waals surface area contributed by atoms with Crippen molar-refractivity contribution in [1.29, 1.82) is 0 Å². The maximum atomic E-state index is 12.2. The van der Waals surface area contributed by atoms with Crippen LogP contribution in [0.4, 0.5) is 5.82 Å². The first-order valence-corrected chi connectivity index (χ1v) is 8.37. The van der Waals surface area contributed by atoms with Gasteiger partial charge in [0.15, 0.2) is 0 Å². The minimum absolute atomic E-state index is 0.0279. The predicted molar refractivity (Wildman–Crippen MR) is 94.7 cm³/mol. The van der Waals surface area contributed by atoms with Crippen molar-refractivity contribution in [2.45, 2.75) is 19.0 Å². The number of hydrogen-bond acceptors (Lipinski definition) is 4. The van der Waals surface area contributed by atoms with Crippen LogP contribution in [0.3, 0.4) is 0 Å². The summed E-state index contributed by atoms with van der Waals surface area (Å²) in [5, 5.41) is 11.3. The van der Waals surface area contributed by atoms with Crippen LogP contribution < -0.4 is 10.6 Å². The Kier molecular flexibility index (Phi) is 5.15. The Bertz CT molecular complexity index is 667. The van der Waals surface area contributed by atoms with Crippen LogP contribution in [0.2, 0.25) is 0 Å². The molecule has 1 aromatic carbocycles. The van der Waals surface area contributed by atoms with Crippen LogP contribution in [0.15, 0.2) is 42.6 Å². The Balaban J connectivity index is 1.63. The molecule has 0 spiro atoms. The maximum absolute atomic E-state index is 12.2. The van der Waals surface area contributed by atoms with Crippen molar-refractivity contribution in [2.75, 3.05) is 32.5 Å². The second-order valence-electron chi connectivity index (χ2n) is 6.51. The summed E-state index contributed by atoms with van der Waals surface area (Å²) in [6.45, 7) is 2.65. The summed E-state index contributed by atoms with van der Waals surface area (Å²) in [6, 6.07) is 12.2. The Morgan fingerprint density at radius 1 is 1.38 bits per heavy atom. The number of fused-ring (bicyclic) bond motifs is 1. The van der Waals surface area contributed by atoms with E-state index in [1.807, 2.05) is 35.1 Å². The van der Waals surface area contributed by atoms with E-state index in [1.165, 1.54) is 0 Å². The SMILES string of the molecule is CN(C)C(=O)C[C@@H](NC[C@H]1CNc2ccnn2C1)c1ccccc1. The molecule has 6 heteroatoms. The lowest BCUT2D eigenvalue weighted by atomic mass is 10.0. The normalized spacial score (nSPS) is 17.7. The van der Waals surface area contributed by atoms with Gasteiger partial charge in [0.05, 0.1) is 6.20 Å². The molecular weight excluding hydrogens is 302 g/mol. The third kappa shape index (κ3) is 3.94. The van der Waals surface area contributed by atoms with Gasteiger partial charge in [-0.15, -0.1) is 0 Å². The second-order valence-corrected chi connectivity index (χ2v) is 6.51.